The van der Waals surface area contributed by atoms with Crippen LogP contribution in [0.5, 0.6) is 11.5 Å². The van der Waals surface area contributed by atoms with Crippen LogP contribution in [0.25, 0.3) is 0 Å². The molecule has 0 radical (unpaired) electrons. The van der Waals surface area contributed by atoms with Gasteiger partial charge in [-0.3, -0.25) is 4.79 Å². The molecule has 4 nitrogen and oxygen atoms in total. The molecule has 1 amide bonds. The van der Waals surface area contributed by atoms with Gasteiger partial charge in [0.25, 0.3) is 5.91 Å². The monoisotopic (exact) mass is 349 g/mol. The van der Waals surface area contributed by atoms with Crippen molar-refractivity contribution >= 4 is 21.8 Å². The molecule has 0 saturated carbocycles. The number of carbonyl (C=O) groups excluding carboxylic acids is 1. The first kappa shape index (κ1) is 15.4. The normalized spacial score (nSPS) is 11.8. The van der Waals surface area contributed by atoms with Crippen molar-refractivity contribution in [1.29, 1.82) is 0 Å². The zero-order valence-corrected chi connectivity index (χ0v) is 13.3. The minimum Gasteiger partial charge on any atom is -0.507 e. The van der Waals surface area contributed by atoms with Gasteiger partial charge in [0.05, 0.1) is 18.7 Å². The number of methoxy groups -OCH3 is 1. The van der Waals surface area contributed by atoms with Crippen LogP contribution in [0.2, 0.25) is 0 Å². The summed E-state index contributed by atoms with van der Waals surface area (Å²) in [6.45, 7) is 1.87. The van der Waals surface area contributed by atoms with Crippen molar-refractivity contribution in [2.24, 2.45) is 0 Å². The van der Waals surface area contributed by atoms with E-state index >= 15 is 0 Å². The maximum atomic E-state index is 12.3. The third-order valence-electron chi connectivity index (χ3n) is 3.16. The van der Waals surface area contributed by atoms with E-state index in [9.17, 15) is 9.90 Å². The number of benzene rings is 2. The van der Waals surface area contributed by atoms with Crippen molar-refractivity contribution in [3.05, 3.63) is 58.1 Å². The number of ether oxygens (including phenoxy) is 1. The molecule has 0 aliphatic carbocycles. The Bertz CT molecular complexity index is 658. The summed E-state index contributed by atoms with van der Waals surface area (Å²) >= 11 is 3.29. The van der Waals surface area contributed by atoms with Crippen molar-refractivity contribution in [1.82, 2.24) is 5.32 Å². The van der Waals surface area contributed by atoms with Crippen molar-refractivity contribution in [3.8, 4) is 11.5 Å². The molecule has 0 unspecified atom stereocenters. The quantitative estimate of drug-likeness (QED) is 0.885. The Labute approximate surface area is 131 Å². The van der Waals surface area contributed by atoms with E-state index in [1.807, 2.05) is 31.2 Å². The highest BCUT2D eigenvalue weighted by molar-refractivity contribution is 9.10. The van der Waals surface area contributed by atoms with E-state index in [0.717, 1.165) is 10.0 Å². The molecule has 2 N–H and O–H groups in total. The van der Waals surface area contributed by atoms with Crippen LogP contribution in [0, 0.1) is 0 Å². The van der Waals surface area contributed by atoms with E-state index in [0.29, 0.717) is 5.75 Å². The minimum absolute atomic E-state index is 0.0528. The molecule has 0 bridgehead atoms. The van der Waals surface area contributed by atoms with E-state index in [1.54, 1.807) is 19.2 Å². The van der Waals surface area contributed by atoms with E-state index in [-0.39, 0.29) is 23.3 Å². The fourth-order valence-electron chi connectivity index (χ4n) is 2.07. The number of amides is 1. The lowest BCUT2D eigenvalue weighted by Gasteiger charge is -2.17. The Morgan fingerprint density at radius 2 is 2.00 bits per heavy atom. The molecule has 0 aliphatic heterocycles. The average molecular weight is 350 g/mol. The second-order valence-corrected chi connectivity index (χ2v) is 5.51. The Hall–Kier alpha value is -2.01. The van der Waals surface area contributed by atoms with Crippen LogP contribution in [0.15, 0.2) is 46.9 Å². The first-order valence-electron chi connectivity index (χ1n) is 6.45. The number of hydrogen-bond donors (Lipinski definition) is 2. The van der Waals surface area contributed by atoms with Crippen LogP contribution in [0.4, 0.5) is 0 Å². The maximum absolute atomic E-state index is 12.3. The van der Waals surface area contributed by atoms with E-state index in [4.69, 9.17) is 4.74 Å². The molecule has 2 aromatic carbocycles. The van der Waals surface area contributed by atoms with E-state index in [2.05, 4.69) is 21.2 Å². The van der Waals surface area contributed by atoms with Gasteiger partial charge in [0.1, 0.15) is 11.5 Å². The molecule has 0 fully saturated rings. The molecule has 21 heavy (non-hydrogen) atoms. The van der Waals surface area contributed by atoms with Crippen LogP contribution in [-0.4, -0.2) is 18.1 Å². The molecular formula is C16H16BrNO3. The smallest absolute Gasteiger partial charge is 0.255 e. The summed E-state index contributed by atoms with van der Waals surface area (Å²) < 4.78 is 6.02. The van der Waals surface area contributed by atoms with E-state index < -0.39 is 0 Å². The van der Waals surface area contributed by atoms with Gasteiger partial charge in [-0.25, -0.2) is 0 Å². The van der Waals surface area contributed by atoms with Gasteiger partial charge in [0, 0.05) is 10.0 Å². The van der Waals surface area contributed by atoms with Gasteiger partial charge in [-0.2, -0.15) is 0 Å². The highest BCUT2D eigenvalue weighted by Gasteiger charge is 2.17. The molecule has 1 atom stereocenters. The van der Waals surface area contributed by atoms with Crippen LogP contribution in [0.1, 0.15) is 28.9 Å². The molecular weight excluding hydrogens is 334 g/mol. The molecule has 0 aromatic heterocycles. The van der Waals surface area contributed by atoms with Gasteiger partial charge in [0.2, 0.25) is 0 Å². The van der Waals surface area contributed by atoms with E-state index in [1.165, 1.54) is 6.07 Å². The van der Waals surface area contributed by atoms with Crippen LogP contribution in [-0.2, 0) is 0 Å². The third-order valence-corrected chi connectivity index (χ3v) is 3.65. The summed E-state index contributed by atoms with van der Waals surface area (Å²) in [6.07, 6.45) is 0. The van der Waals surface area contributed by atoms with Gasteiger partial charge in [0.15, 0.2) is 0 Å². The van der Waals surface area contributed by atoms with Crippen molar-refractivity contribution < 1.29 is 14.6 Å². The lowest BCUT2D eigenvalue weighted by Crippen LogP contribution is -2.27. The van der Waals surface area contributed by atoms with Gasteiger partial charge in [-0.15, -0.1) is 0 Å². The van der Waals surface area contributed by atoms with Gasteiger partial charge >= 0.3 is 0 Å². The fraction of sp³-hybridized carbons (Fsp3) is 0.188. The summed E-state index contributed by atoms with van der Waals surface area (Å²) in [4.78, 5) is 12.3. The minimum atomic E-state index is -0.341. The van der Waals surface area contributed by atoms with Crippen molar-refractivity contribution in [2.75, 3.05) is 7.11 Å². The van der Waals surface area contributed by atoms with Crippen LogP contribution >= 0.6 is 15.9 Å². The SMILES string of the molecule is COc1ccccc1[C@@H](C)NC(=O)c1cc(Br)ccc1O. The summed E-state index contributed by atoms with van der Waals surface area (Å²) in [5.41, 5.74) is 1.11. The summed E-state index contributed by atoms with van der Waals surface area (Å²) in [5, 5.41) is 12.6. The molecule has 0 spiro atoms. The third kappa shape index (κ3) is 3.55. The summed E-state index contributed by atoms with van der Waals surface area (Å²) in [5.74, 6) is 0.318. The predicted molar refractivity (Wildman–Crippen MR) is 84.7 cm³/mol. The fourth-order valence-corrected chi connectivity index (χ4v) is 2.43. The highest BCUT2D eigenvalue weighted by Crippen LogP contribution is 2.26. The van der Waals surface area contributed by atoms with Gasteiger partial charge in [-0.1, -0.05) is 34.1 Å². The zero-order valence-electron chi connectivity index (χ0n) is 11.8. The van der Waals surface area contributed by atoms with Gasteiger partial charge in [-0.05, 0) is 31.2 Å². The molecule has 110 valence electrons. The number of nitrogens with one attached hydrogen (secondary N) is 1. The standard InChI is InChI=1S/C16H16BrNO3/c1-10(12-5-3-4-6-15(12)21-2)18-16(20)13-9-11(17)7-8-14(13)19/h3-10,19H,1-2H3,(H,18,20)/t10-/m1/s1. The molecule has 0 heterocycles. The number of aromatic hydroxyl groups is 1. The molecule has 5 heteroatoms. The Morgan fingerprint density at radius 3 is 2.71 bits per heavy atom. The molecule has 2 rings (SSSR count). The first-order chi connectivity index (χ1) is 10.0. The highest BCUT2D eigenvalue weighted by atomic mass is 79.9. The Balaban J connectivity index is 2.21. The number of phenols is 1. The number of para-hydroxylation sites is 1. The van der Waals surface area contributed by atoms with Crippen LogP contribution in [0.3, 0.4) is 0 Å². The van der Waals surface area contributed by atoms with Crippen molar-refractivity contribution in [3.63, 3.8) is 0 Å². The van der Waals surface area contributed by atoms with Gasteiger partial charge < -0.3 is 15.2 Å². The topological polar surface area (TPSA) is 58.6 Å². The predicted octanol–water partition coefficient (Wildman–Crippen LogP) is 3.65. The number of rotatable bonds is 4. The summed E-state index contributed by atoms with van der Waals surface area (Å²) in [6, 6.07) is 12.0. The number of halogens is 1. The Morgan fingerprint density at radius 1 is 1.29 bits per heavy atom. The average Bonchev–Trinajstić information content (AvgIpc) is 2.49. The lowest BCUT2D eigenvalue weighted by atomic mass is 10.1. The first-order valence-corrected chi connectivity index (χ1v) is 7.24. The largest absolute Gasteiger partial charge is 0.507 e. The second-order valence-electron chi connectivity index (χ2n) is 4.60. The number of phenolic OH excluding ortho intramolecular Hbond substituents is 1. The lowest BCUT2D eigenvalue weighted by molar-refractivity contribution is 0.0937. The van der Waals surface area contributed by atoms with Crippen LogP contribution < -0.4 is 10.1 Å². The maximum Gasteiger partial charge on any atom is 0.255 e. The van der Waals surface area contributed by atoms with Crippen molar-refractivity contribution in [2.45, 2.75) is 13.0 Å². The second kappa shape index (κ2) is 6.63. The summed E-state index contributed by atoms with van der Waals surface area (Å²) in [7, 11) is 1.59. The number of carbonyl (C=O) groups is 1. The molecule has 2 aromatic rings. The Kier molecular flexibility index (Phi) is 4.85. The number of hydrogen-bond acceptors (Lipinski definition) is 3. The molecule has 0 saturated heterocycles. The molecule has 0 aliphatic rings. The zero-order chi connectivity index (χ0) is 15.4.